The van der Waals surface area contributed by atoms with E-state index in [0.29, 0.717) is 18.3 Å². The van der Waals surface area contributed by atoms with E-state index in [1.54, 1.807) is 0 Å². The van der Waals surface area contributed by atoms with Crippen LogP contribution in [-0.2, 0) is 15.5 Å². The third-order valence-electron chi connectivity index (χ3n) is 2.13. The zero-order valence-electron chi connectivity index (χ0n) is 9.34. The van der Waals surface area contributed by atoms with E-state index in [9.17, 15) is 4.21 Å². The minimum Gasteiger partial charge on any atom is -0.375 e. The fourth-order valence-corrected chi connectivity index (χ4v) is 2.45. The summed E-state index contributed by atoms with van der Waals surface area (Å²) in [6.45, 7) is 8.73. The third-order valence-corrected chi connectivity index (χ3v) is 3.60. The van der Waals surface area contributed by atoms with E-state index in [4.69, 9.17) is 4.74 Å². The summed E-state index contributed by atoms with van der Waals surface area (Å²) in [5, 5.41) is 3.18. The van der Waals surface area contributed by atoms with Crippen molar-refractivity contribution in [1.29, 1.82) is 0 Å². The Morgan fingerprint density at radius 3 is 2.50 bits per heavy atom. The average Bonchev–Trinajstić information content (AvgIpc) is 1.94. The van der Waals surface area contributed by atoms with Crippen molar-refractivity contribution in [2.45, 2.75) is 26.4 Å². The molecular formula is C10H21NO2S. The van der Waals surface area contributed by atoms with Crippen LogP contribution < -0.4 is 5.32 Å². The molecule has 0 aliphatic carbocycles. The van der Waals surface area contributed by atoms with Crippen LogP contribution in [0.1, 0.15) is 20.8 Å². The molecule has 0 amide bonds. The van der Waals surface area contributed by atoms with Crippen LogP contribution in [0.25, 0.3) is 0 Å². The summed E-state index contributed by atoms with van der Waals surface area (Å²) < 4.78 is 17.1. The van der Waals surface area contributed by atoms with Crippen LogP contribution >= 0.6 is 0 Å². The Bertz CT molecular complexity index is 197. The van der Waals surface area contributed by atoms with Crippen molar-refractivity contribution in [3.05, 3.63) is 0 Å². The first-order chi connectivity index (χ1) is 6.47. The minimum atomic E-state index is -0.698. The molecule has 1 atom stereocenters. The molecule has 1 N–H and O–H groups in total. The Hall–Kier alpha value is 0.0700. The predicted molar refractivity (Wildman–Crippen MR) is 59.9 cm³/mol. The van der Waals surface area contributed by atoms with Gasteiger partial charge in [-0.2, -0.15) is 0 Å². The number of rotatable bonds is 5. The highest BCUT2D eigenvalue weighted by Crippen LogP contribution is 2.08. The van der Waals surface area contributed by atoms with Crippen LogP contribution in [0.15, 0.2) is 0 Å². The molecule has 0 aromatic carbocycles. The van der Waals surface area contributed by atoms with Crippen LogP contribution in [0, 0.1) is 5.92 Å². The van der Waals surface area contributed by atoms with Gasteiger partial charge in [-0.15, -0.1) is 0 Å². The molecule has 1 fully saturated rings. The zero-order valence-corrected chi connectivity index (χ0v) is 10.2. The van der Waals surface area contributed by atoms with Gasteiger partial charge in [-0.3, -0.25) is 4.21 Å². The number of nitrogens with one attached hydrogen (secondary N) is 1. The fraction of sp³-hybridized carbons (Fsp3) is 1.00. The largest absolute Gasteiger partial charge is 0.375 e. The van der Waals surface area contributed by atoms with E-state index in [1.807, 2.05) is 20.8 Å². The second-order valence-electron chi connectivity index (χ2n) is 4.80. The molecule has 1 saturated heterocycles. The molecule has 0 radical (unpaired) electrons. The Kier molecular flexibility index (Phi) is 4.54. The van der Waals surface area contributed by atoms with Gasteiger partial charge in [-0.05, 0) is 26.7 Å². The first kappa shape index (κ1) is 12.1. The molecule has 3 nitrogen and oxygen atoms in total. The standard InChI is InChI=1S/C10H21NO2S/c1-10(2,3)13-4-5-14(12)8-9-6-11-7-9/h9,11H,4-8H2,1-3H3. The maximum Gasteiger partial charge on any atom is 0.0598 e. The number of ether oxygens (including phenoxy) is 1. The van der Waals surface area contributed by atoms with E-state index in [2.05, 4.69) is 5.32 Å². The van der Waals surface area contributed by atoms with Gasteiger partial charge in [-0.25, -0.2) is 0 Å². The first-order valence-corrected chi connectivity index (χ1v) is 6.66. The van der Waals surface area contributed by atoms with Gasteiger partial charge < -0.3 is 10.1 Å². The smallest absolute Gasteiger partial charge is 0.0598 e. The van der Waals surface area contributed by atoms with Gasteiger partial charge in [0.2, 0.25) is 0 Å². The lowest BCUT2D eigenvalue weighted by molar-refractivity contribution is 0.00667. The third kappa shape index (κ3) is 5.08. The summed E-state index contributed by atoms with van der Waals surface area (Å²) in [6, 6.07) is 0. The van der Waals surface area contributed by atoms with E-state index < -0.39 is 10.8 Å². The topological polar surface area (TPSA) is 38.3 Å². The molecule has 84 valence electrons. The molecular weight excluding hydrogens is 198 g/mol. The number of hydrogen-bond acceptors (Lipinski definition) is 3. The monoisotopic (exact) mass is 219 g/mol. The number of hydrogen-bond donors (Lipinski definition) is 1. The minimum absolute atomic E-state index is 0.109. The predicted octanol–water partition coefficient (Wildman–Crippen LogP) is 0.770. The molecule has 0 aromatic heterocycles. The summed E-state index contributed by atoms with van der Waals surface area (Å²) in [5.74, 6) is 2.14. The molecule has 14 heavy (non-hydrogen) atoms. The second-order valence-corrected chi connectivity index (χ2v) is 6.42. The fourth-order valence-electron chi connectivity index (χ4n) is 1.25. The Morgan fingerprint density at radius 1 is 1.43 bits per heavy atom. The molecule has 0 aromatic rings. The zero-order chi connectivity index (χ0) is 10.6. The molecule has 1 unspecified atom stereocenters. The lowest BCUT2D eigenvalue weighted by Crippen LogP contribution is -2.45. The van der Waals surface area contributed by atoms with Gasteiger partial charge in [0.15, 0.2) is 0 Å². The molecule has 1 aliphatic heterocycles. The molecule has 4 heteroatoms. The van der Waals surface area contributed by atoms with Crippen molar-refractivity contribution in [3.63, 3.8) is 0 Å². The van der Waals surface area contributed by atoms with Gasteiger partial charge in [0.25, 0.3) is 0 Å². The van der Waals surface area contributed by atoms with E-state index in [0.717, 1.165) is 18.8 Å². The quantitative estimate of drug-likeness (QED) is 0.742. The first-order valence-electron chi connectivity index (χ1n) is 5.17. The SMILES string of the molecule is CC(C)(C)OCCS(=O)CC1CNC1. The van der Waals surface area contributed by atoms with E-state index in [-0.39, 0.29) is 5.60 Å². The summed E-state index contributed by atoms with van der Waals surface area (Å²) in [4.78, 5) is 0. The van der Waals surface area contributed by atoms with Gasteiger partial charge in [0.05, 0.1) is 12.2 Å². The molecule has 1 heterocycles. The molecule has 0 saturated carbocycles. The van der Waals surface area contributed by atoms with Crippen LogP contribution in [0.4, 0.5) is 0 Å². The normalized spacial score (nSPS) is 20.5. The van der Waals surface area contributed by atoms with Gasteiger partial charge in [0.1, 0.15) is 0 Å². The van der Waals surface area contributed by atoms with Crippen LogP contribution in [-0.4, -0.2) is 41.0 Å². The van der Waals surface area contributed by atoms with Crippen LogP contribution in [0.3, 0.4) is 0 Å². The second kappa shape index (κ2) is 5.24. The highest BCUT2D eigenvalue weighted by atomic mass is 32.2. The average molecular weight is 219 g/mol. The van der Waals surface area contributed by atoms with Gasteiger partial charge in [-0.1, -0.05) is 0 Å². The highest BCUT2D eigenvalue weighted by Gasteiger charge is 2.19. The van der Waals surface area contributed by atoms with Crippen molar-refractivity contribution >= 4 is 10.8 Å². The lowest BCUT2D eigenvalue weighted by Gasteiger charge is -2.26. The van der Waals surface area contributed by atoms with Crippen molar-refractivity contribution in [1.82, 2.24) is 5.32 Å². The van der Waals surface area contributed by atoms with Crippen molar-refractivity contribution in [2.75, 3.05) is 31.2 Å². The van der Waals surface area contributed by atoms with Crippen molar-refractivity contribution in [2.24, 2.45) is 5.92 Å². The van der Waals surface area contributed by atoms with Crippen LogP contribution in [0.5, 0.6) is 0 Å². The maximum absolute atomic E-state index is 11.5. The summed E-state index contributed by atoms with van der Waals surface area (Å²) in [7, 11) is -0.698. The van der Waals surface area contributed by atoms with Crippen molar-refractivity contribution in [3.8, 4) is 0 Å². The van der Waals surface area contributed by atoms with Gasteiger partial charge >= 0.3 is 0 Å². The Balaban J connectivity index is 2.03. The molecule has 0 bridgehead atoms. The molecule has 1 aliphatic rings. The molecule has 1 rings (SSSR count). The summed E-state index contributed by atoms with van der Waals surface area (Å²) in [6.07, 6.45) is 0. The van der Waals surface area contributed by atoms with E-state index >= 15 is 0 Å². The highest BCUT2D eigenvalue weighted by molar-refractivity contribution is 7.85. The Labute approximate surface area is 89.1 Å². The molecule has 0 spiro atoms. The van der Waals surface area contributed by atoms with Gasteiger partial charge in [0, 0.05) is 35.4 Å². The summed E-state index contributed by atoms with van der Waals surface area (Å²) in [5.41, 5.74) is -0.109. The maximum atomic E-state index is 11.5. The van der Waals surface area contributed by atoms with Crippen LogP contribution in [0.2, 0.25) is 0 Å². The lowest BCUT2D eigenvalue weighted by atomic mass is 10.1. The van der Waals surface area contributed by atoms with Crippen molar-refractivity contribution < 1.29 is 8.95 Å². The Morgan fingerprint density at radius 2 is 2.07 bits per heavy atom. The summed E-state index contributed by atoms with van der Waals surface area (Å²) >= 11 is 0. The van der Waals surface area contributed by atoms with E-state index in [1.165, 1.54) is 0 Å².